The summed E-state index contributed by atoms with van der Waals surface area (Å²) in [4.78, 5) is 18.1. The molecule has 0 fully saturated rings. The Morgan fingerprint density at radius 1 is 0.667 bits per heavy atom. The molecule has 10 heteroatoms. The summed E-state index contributed by atoms with van der Waals surface area (Å²) in [6.45, 7) is 8.42. The topological polar surface area (TPSA) is 50.5 Å². The van der Waals surface area contributed by atoms with Gasteiger partial charge >= 0.3 is 0 Å². The number of halogens is 4. The largest absolute Gasteiger partial charge is 0.261 e. The van der Waals surface area contributed by atoms with Crippen molar-refractivity contribution in [3.05, 3.63) is 82.4 Å². The minimum absolute atomic E-state index is 0. The number of benzene rings is 1. The van der Waals surface area contributed by atoms with Crippen LogP contribution in [0.25, 0.3) is 0 Å². The van der Waals surface area contributed by atoms with E-state index < -0.39 is 0 Å². The Balaban J connectivity index is -0.000000701. The van der Waals surface area contributed by atoms with E-state index in [9.17, 15) is 0 Å². The van der Waals surface area contributed by atoms with Crippen molar-refractivity contribution in [2.24, 2.45) is 9.98 Å². The van der Waals surface area contributed by atoms with E-state index in [1.54, 1.807) is 6.20 Å². The first kappa shape index (κ1) is 39.3. The number of aliphatic imine (C=N–C) groups is 2. The van der Waals surface area contributed by atoms with Gasteiger partial charge in [0.05, 0.1) is 23.3 Å². The van der Waals surface area contributed by atoms with Crippen LogP contribution in [0.15, 0.2) is 58.8 Å². The van der Waals surface area contributed by atoms with Crippen LogP contribution >= 0.6 is 49.6 Å². The molecule has 0 saturated heterocycles. The Hall–Kier alpha value is -0.941. The van der Waals surface area contributed by atoms with Crippen LogP contribution in [0.4, 0.5) is 11.4 Å². The van der Waals surface area contributed by atoms with Crippen molar-refractivity contribution in [1.82, 2.24) is 9.97 Å². The second kappa shape index (κ2) is 19.4. The summed E-state index contributed by atoms with van der Waals surface area (Å²) in [5.74, 6) is 0. The zero-order valence-electron chi connectivity index (χ0n) is 18.5. The third-order valence-electron chi connectivity index (χ3n) is 4.81. The number of hydrogen-bond acceptors (Lipinski definition) is 4. The van der Waals surface area contributed by atoms with Crippen LogP contribution in [0, 0.1) is 27.7 Å². The molecule has 0 unspecified atom stereocenters. The maximum Gasteiger partial charge on any atom is 0.0812 e. The molecule has 2 radical (unpaired) electrons. The Morgan fingerprint density at radius 2 is 1.15 bits per heavy atom. The summed E-state index contributed by atoms with van der Waals surface area (Å²) in [7, 11) is 0. The van der Waals surface area contributed by atoms with Crippen LogP contribution in [0.2, 0.25) is 0 Å². The Morgan fingerprint density at radius 3 is 1.61 bits per heavy atom. The van der Waals surface area contributed by atoms with Crippen molar-refractivity contribution in [2.75, 3.05) is 0 Å². The molecular weight excluding hydrogens is 601 g/mol. The van der Waals surface area contributed by atoms with Crippen molar-refractivity contribution >= 4 is 73.4 Å². The summed E-state index contributed by atoms with van der Waals surface area (Å²) >= 11 is 0. The second-order valence-electron chi connectivity index (χ2n) is 6.55. The van der Waals surface area contributed by atoms with Gasteiger partial charge in [-0.15, -0.1) is 49.6 Å². The van der Waals surface area contributed by atoms with Crippen LogP contribution in [0.5, 0.6) is 0 Å². The third kappa shape index (κ3) is 10.5. The minimum atomic E-state index is 0. The molecule has 0 aliphatic carbocycles. The Bertz CT molecular complexity index is 973. The van der Waals surface area contributed by atoms with Crippen molar-refractivity contribution in [2.45, 2.75) is 34.1 Å². The zero-order chi connectivity index (χ0) is 19.2. The summed E-state index contributed by atoms with van der Waals surface area (Å²) in [6.07, 6.45) is 8.06. The summed E-state index contributed by atoms with van der Waals surface area (Å²) in [5, 5.41) is 0. The molecule has 4 nitrogen and oxygen atoms in total. The van der Waals surface area contributed by atoms with E-state index in [0.717, 1.165) is 51.4 Å². The van der Waals surface area contributed by atoms with Gasteiger partial charge in [0.25, 0.3) is 0 Å². The number of rotatable bonds is 5. The predicted molar refractivity (Wildman–Crippen MR) is 142 cm³/mol. The molecule has 0 saturated carbocycles. The monoisotopic (exact) mass is 626 g/mol. The van der Waals surface area contributed by atoms with Gasteiger partial charge in [0.2, 0.25) is 0 Å². The molecule has 0 atom stereocenters. The van der Waals surface area contributed by atoms with Gasteiger partial charge in [0.1, 0.15) is 0 Å². The zero-order valence-corrected chi connectivity index (χ0v) is 23.7. The van der Waals surface area contributed by atoms with Crippen LogP contribution in [-0.2, 0) is 40.6 Å². The van der Waals surface area contributed by atoms with Gasteiger partial charge in [-0.1, -0.05) is 12.1 Å². The van der Waals surface area contributed by atoms with Crippen molar-refractivity contribution < 1.29 is 34.1 Å². The van der Waals surface area contributed by atoms with Gasteiger partial charge in [-0.25, -0.2) is 0 Å². The smallest absolute Gasteiger partial charge is 0.0812 e. The van der Waals surface area contributed by atoms with E-state index in [-0.39, 0.29) is 83.8 Å². The summed E-state index contributed by atoms with van der Waals surface area (Å²) in [5.41, 5.74) is 8.50. The van der Waals surface area contributed by atoms with E-state index in [1.165, 1.54) is 0 Å². The van der Waals surface area contributed by atoms with Crippen LogP contribution in [-0.4, -0.2) is 22.4 Å². The average Bonchev–Trinajstić information content (AvgIpc) is 2.70. The maximum absolute atomic E-state index is 4.75. The van der Waals surface area contributed by atoms with Crippen molar-refractivity contribution in [3.8, 4) is 0 Å². The minimum Gasteiger partial charge on any atom is -0.261 e. The molecule has 0 spiro atoms. The molecule has 1 aromatic carbocycles. The summed E-state index contributed by atoms with van der Waals surface area (Å²) in [6, 6.07) is 11.7. The molecule has 0 bridgehead atoms. The normalized spacial score (nSPS) is 9.45. The molecule has 3 aromatic rings. The summed E-state index contributed by atoms with van der Waals surface area (Å²) < 4.78 is 0. The maximum atomic E-state index is 4.75. The Labute approximate surface area is 242 Å². The van der Waals surface area contributed by atoms with Gasteiger partial charge in [-0.05, 0) is 74.2 Å². The fraction of sp³-hybridized carbons (Fsp3) is 0.217. The third-order valence-corrected chi connectivity index (χ3v) is 4.81. The van der Waals surface area contributed by atoms with E-state index in [2.05, 4.69) is 37.7 Å². The molecule has 0 amide bonds. The van der Waals surface area contributed by atoms with Gasteiger partial charge in [-0.3, -0.25) is 20.0 Å². The fourth-order valence-electron chi connectivity index (χ4n) is 2.99. The van der Waals surface area contributed by atoms with Crippen LogP contribution in [0.3, 0.4) is 0 Å². The second-order valence-corrected chi connectivity index (χ2v) is 6.55. The van der Waals surface area contributed by atoms with E-state index in [4.69, 9.17) is 9.98 Å². The molecule has 2 heterocycles. The van der Waals surface area contributed by atoms with Crippen LogP contribution in [0.1, 0.15) is 33.6 Å². The van der Waals surface area contributed by atoms with Crippen molar-refractivity contribution in [1.29, 1.82) is 0 Å². The predicted octanol–water partition coefficient (Wildman–Crippen LogP) is 7.09. The molecule has 0 aliphatic rings. The average molecular weight is 629 g/mol. The number of pyridine rings is 2. The van der Waals surface area contributed by atoms with Crippen LogP contribution < -0.4 is 0 Å². The van der Waals surface area contributed by atoms with Gasteiger partial charge in [0, 0.05) is 64.9 Å². The molecule has 2 aromatic heterocycles. The standard InChI is InChI=1S/C23H24N4.4ClH.2Cu/c1-16-18(3)23(27-15-21-10-6-8-13-25-21)19(4)17(2)22(16)26-14-11-20-9-5-7-12-24-20;;;;;;/h5-10,12-15H,11H2,1-4H3;4*1H;;. The number of hydrogen-bond donors (Lipinski definition) is 0. The number of nitrogens with zero attached hydrogens (tertiary/aromatic N) is 4. The van der Waals surface area contributed by atoms with E-state index in [1.807, 2.05) is 55.0 Å². The first-order valence-corrected chi connectivity index (χ1v) is 9.06. The Kier molecular flexibility index (Phi) is 23.1. The van der Waals surface area contributed by atoms with E-state index in [0.29, 0.717) is 0 Å². The molecule has 3 rings (SSSR count). The quantitative estimate of drug-likeness (QED) is 0.224. The molecule has 0 aliphatic heterocycles. The molecule has 33 heavy (non-hydrogen) atoms. The molecule has 190 valence electrons. The molecular formula is C23H28Cl4Cu2N4. The van der Waals surface area contributed by atoms with Gasteiger partial charge < -0.3 is 0 Å². The first-order valence-electron chi connectivity index (χ1n) is 9.06. The molecule has 0 N–H and O–H groups in total. The van der Waals surface area contributed by atoms with Gasteiger partial charge in [0.15, 0.2) is 0 Å². The van der Waals surface area contributed by atoms with E-state index >= 15 is 0 Å². The van der Waals surface area contributed by atoms with Crippen molar-refractivity contribution in [3.63, 3.8) is 0 Å². The number of aromatic nitrogens is 2. The SMILES string of the molecule is Cc1c(C)c(N=Cc2ccccn2)c(C)c(C)c1N=CCc1ccccn1.Cl.Cl.Cl.Cl.[Cu].[Cu]. The first-order chi connectivity index (χ1) is 13.1. The van der Waals surface area contributed by atoms with Gasteiger partial charge in [-0.2, -0.15) is 0 Å². The fourth-order valence-corrected chi connectivity index (χ4v) is 2.99.